The highest BCUT2D eigenvalue weighted by Gasteiger charge is 2.36. The minimum Gasteiger partial charge on any atom is -0.336 e. The van der Waals surface area contributed by atoms with Crippen molar-refractivity contribution in [2.24, 2.45) is 5.92 Å². The lowest BCUT2D eigenvalue weighted by atomic mass is 10.1. The van der Waals surface area contributed by atoms with Crippen LogP contribution >= 0.6 is 22.6 Å². The van der Waals surface area contributed by atoms with Gasteiger partial charge in [0.1, 0.15) is 0 Å². The Hall–Kier alpha value is -0.860. The van der Waals surface area contributed by atoms with E-state index < -0.39 is 0 Å². The predicted molar refractivity (Wildman–Crippen MR) is 82.5 cm³/mol. The van der Waals surface area contributed by atoms with Gasteiger partial charge in [0.15, 0.2) is 0 Å². The lowest BCUT2D eigenvalue weighted by Gasteiger charge is -2.19. The van der Waals surface area contributed by atoms with Gasteiger partial charge in [0, 0.05) is 32.6 Å². The highest BCUT2D eigenvalue weighted by Crippen LogP contribution is 2.20. The van der Waals surface area contributed by atoms with Crippen LogP contribution in [0.5, 0.6) is 0 Å². The normalized spacial score (nSPS) is 26.5. The molecule has 1 unspecified atom stereocenters. The second-order valence-corrected chi connectivity index (χ2v) is 6.80. The molecule has 2 atom stereocenters. The Morgan fingerprint density at radius 1 is 1.45 bits per heavy atom. The lowest BCUT2D eigenvalue weighted by molar-refractivity contribution is -0.138. The smallest absolute Gasteiger partial charge is 0.317 e. The Labute approximate surface area is 132 Å². The van der Waals surface area contributed by atoms with Crippen LogP contribution in [-0.4, -0.2) is 57.7 Å². The second kappa shape index (κ2) is 6.73. The number of nitrogens with zero attached hydrogens (tertiary/aromatic N) is 2. The Balaban J connectivity index is 1.72. The average molecular weight is 393 g/mol. The van der Waals surface area contributed by atoms with Crippen molar-refractivity contribution in [1.82, 2.24) is 15.1 Å². The Morgan fingerprint density at radius 2 is 2.20 bits per heavy atom. The minimum atomic E-state index is -0.250. The van der Waals surface area contributed by atoms with Crippen molar-refractivity contribution in [2.75, 3.05) is 26.2 Å². The summed E-state index contributed by atoms with van der Waals surface area (Å²) in [4.78, 5) is 38.3. The third-order valence-corrected chi connectivity index (χ3v) is 4.92. The maximum Gasteiger partial charge on any atom is 0.317 e. The fraction of sp³-hybridized carbons (Fsp3) is 0.769. The van der Waals surface area contributed by atoms with E-state index in [4.69, 9.17) is 0 Å². The number of carbonyl (C=O) groups excluding carboxylic acids is 3. The van der Waals surface area contributed by atoms with Crippen LogP contribution < -0.4 is 5.32 Å². The zero-order valence-electron chi connectivity index (χ0n) is 11.6. The van der Waals surface area contributed by atoms with Gasteiger partial charge in [-0.05, 0) is 12.3 Å². The van der Waals surface area contributed by atoms with E-state index in [0.717, 1.165) is 25.9 Å². The molecule has 7 heteroatoms. The van der Waals surface area contributed by atoms with E-state index in [1.165, 1.54) is 4.90 Å². The first-order valence-corrected chi connectivity index (χ1v) is 8.28. The van der Waals surface area contributed by atoms with Crippen molar-refractivity contribution in [3.63, 3.8) is 0 Å². The molecule has 0 spiro atoms. The summed E-state index contributed by atoms with van der Waals surface area (Å²) >= 11 is 1.98. The molecule has 20 heavy (non-hydrogen) atoms. The number of hydrogen-bond donors (Lipinski definition) is 1. The maximum absolute atomic E-state index is 11.9. The van der Waals surface area contributed by atoms with Crippen LogP contribution in [0.2, 0.25) is 0 Å². The van der Waals surface area contributed by atoms with E-state index in [2.05, 4.69) is 12.2 Å². The van der Waals surface area contributed by atoms with Crippen molar-refractivity contribution in [3.05, 3.63) is 0 Å². The molecule has 2 aliphatic rings. The van der Waals surface area contributed by atoms with Crippen LogP contribution in [0.25, 0.3) is 0 Å². The van der Waals surface area contributed by atoms with Gasteiger partial charge < -0.3 is 10.2 Å². The predicted octanol–water partition coefficient (Wildman–Crippen LogP) is 0.990. The molecule has 1 N–H and O–H groups in total. The number of urea groups is 1. The number of halogens is 1. The van der Waals surface area contributed by atoms with Gasteiger partial charge in [-0.3, -0.25) is 14.5 Å². The fourth-order valence-corrected chi connectivity index (χ4v) is 3.33. The van der Waals surface area contributed by atoms with Crippen molar-refractivity contribution in [2.45, 2.75) is 30.1 Å². The molecule has 0 aromatic rings. The van der Waals surface area contributed by atoms with E-state index in [0.29, 0.717) is 12.5 Å². The van der Waals surface area contributed by atoms with Gasteiger partial charge in [0.2, 0.25) is 11.8 Å². The molecule has 0 aliphatic carbocycles. The molecular weight excluding hydrogens is 373 g/mol. The molecule has 4 amide bonds. The molecule has 0 radical (unpaired) electrons. The average Bonchev–Trinajstić information content (AvgIpc) is 2.99. The summed E-state index contributed by atoms with van der Waals surface area (Å²) in [6.07, 6.45) is 2.43. The second-order valence-electron chi connectivity index (χ2n) is 5.30. The topological polar surface area (TPSA) is 69.7 Å². The van der Waals surface area contributed by atoms with E-state index in [9.17, 15) is 14.4 Å². The molecule has 112 valence electrons. The van der Waals surface area contributed by atoms with Crippen molar-refractivity contribution in [1.29, 1.82) is 0 Å². The Kier molecular flexibility index (Phi) is 5.22. The van der Waals surface area contributed by atoms with E-state index in [-0.39, 0.29) is 34.7 Å². The maximum atomic E-state index is 11.9. The van der Waals surface area contributed by atoms with E-state index >= 15 is 0 Å². The summed E-state index contributed by atoms with van der Waals surface area (Å²) in [5.74, 6) is 0.315. The molecule has 0 bridgehead atoms. The molecule has 2 rings (SSSR count). The number of hydrogen-bond acceptors (Lipinski definition) is 3. The summed E-state index contributed by atoms with van der Waals surface area (Å²) in [5, 5.41) is 2.79. The lowest BCUT2D eigenvalue weighted by Crippen LogP contribution is -2.43. The molecule has 2 heterocycles. The van der Waals surface area contributed by atoms with Crippen LogP contribution in [-0.2, 0) is 9.59 Å². The number of imide groups is 1. The fourth-order valence-electron chi connectivity index (χ4n) is 2.61. The summed E-state index contributed by atoms with van der Waals surface area (Å²) in [6.45, 7) is 4.33. The van der Waals surface area contributed by atoms with Gasteiger partial charge in [-0.15, -0.1) is 0 Å². The summed E-state index contributed by atoms with van der Waals surface area (Å²) < 4.78 is -0.250. The first kappa shape index (κ1) is 15.5. The van der Waals surface area contributed by atoms with E-state index in [1.807, 2.05) is 27.5 Å². The summed E-state index contributed by atoms with van der Waals surface area (Å²) in [6, 6.07) is -0.0916. The quantitative estimate of drug-likeness (QED) is 0.440. The first-order valence-electron chi connectivity index (χ1n) is 7.04. The molecule has 2 fully saturated rings. The number of alkyl halides is 1. The first-order chi connectivity index (χ1) is 9.52. The number of carbonyl (C=O) groups is 3. The summed E-state index contributed by atoms with van der Waals surface area (Å²) in [5.41, 5.74) is 0. The number of likely N-dealkylation sites (tertiary alicyclic amines) is 2. The molecule has 0 aromatic carbocycles. The van der Waals surface area contributed by atoms with Crippen LogP contribution in [0.15, 0.2) is 0 Å². The summed E-state index contributed by atoms with van der Waals surface area (Å²) in [7, 11) is 0. The Bertz CT molecular complexity index is 416. The van der Waals surface area contributed by atoms with E-state index in [1.54, 1.807) is 0 Å². The zero-order chi connectivity index (χ0) is 14.7. The van der Waals surface area contributed by atoms with Crippen LogP contribution in [0.4, 0.5) is 4.79 Å². The molecule has 2 saturated heterocycles. The van der Waals surface area contributed by atoms with Crippen LogP contribution in [0, 0.1) is 5.92 Å². The highest BCUT2D eigenvalue weighted by atomic mass is 127. The zero-order valence-corrected chi connectivity index (χ0v) is 13.8. The SMILES string of the molecule is CC[C@H]1CCN(C(=O)NCCN2C(=O)CC(I)C2=O)C1. The number of rotatable bonds is 4. The van der Waals surface area contributed by atoms with Crippen molar-refractivity contribution >= 4 is 40.4 Å². The van der Waals surface area contributed by atoms with Gasteiger partial charge in [-0.1, -0.05) is 35.9 Å². The number of amides is 4. The molecule has 0 saturated carbocycles. The monoisotopic (exact) mass is 393 g/mol. The molecule has 6 nitrogen and oxygen atoms in total. The number of nitrogens with one attached hydrogen (secondary N) is 1. The third kappa shape index (κ3) is 3.42. The standard InChI is InChI=1S/C13H20IN3O3/c1-2-9-3-5-16(8-9)13(20)15-4-6-17-11(18)7-10(14)12(17)19/h9-10H,2-8H2,1H3,(H,15,20)/t9-,10?/m0/s1. The van der Waals surface area contributed by atoms with Gasteiger partial charge in [-0.25, -0.2) is 4.79 Å². The third-order valence-electron chi connectivity index (χ3n) is 3.95. The largest absolute Gasteiger partial charge is 0.336 e. The molecule has 0 aromatic heterocycles. The van der Waals surface area contributed by atoms with Gasteiger partial charge in [0.05, 0.1) is 3.92 Å². The van der Waals surface area contributed by atoms with Gasteiger partial charge in [-0.2, -0.15) is 0 Å². The Morgan fingerprint density at radius 3 is 2.75 bits per heavy atom. The van der Waals surface area contributed by atoms with Crippen molar-refractivity contribution in [3.8, 4) is 0 Å². The molecule has 2 aliphatic heterocycles. The van der Waals surface area contributed by atoms with Crippen LogP contribution in [0.1, 0.15) is 26.2 Å². The van der Waals surface area contributed by atoms with Crippen molar-refractivity contribution < 1.29 is 14.4 Å². The highest BCUT2D eigenvalue weighted by molar-refractivity contribution is 14.1. The van der Waals surface area contributed by atoms with Gasteiger partial charge >= 0.3 is 6.03 Å². The van der Waals surface area contributed by atoms with Crippen LogP contribution in [0.3, 0.4) is 0 Å². The van der Waals surface area contributed by atoms with Gasteiger partial charge in [0.25, 0.3) is 0 Å². The molecular formula is C13H20IN3O3. The minimum absolute atomic E-state index is 0.0916.